The van der Waals surface area contributed by atoms with Crippen LogP contribution < -0.4 is 10.6 Å². The van der Waals surface area contributed by atoms with Gasteiger partial charge in [-0.05, 0) is 31.2 Å². The molecule has 0 radical (unpaired) electrons. The first-order chi connectivity index (χ1) is 10.7. The lowest BCUT2D eigenvalue weighted by molar-refractivity contribution is -0.120. The number of ether oxygens (including phenoxy) is 1. The molecule has 0 bridgehead atoms. The maximum atomic E-state index is 12.1. The van der Waals surface area contributed by atoms with Crippen molar-refractivity contribution in [3.63, 3.8) is 0 Å². The Morgan fingerprint density at radius 3 is 2.91 bits per heavy atom. The SMILES string of the molecule is Cc1csc(Sc2ccc(NC(=O)C3COCCN3)cc2)n1. The second-order valence-corrected chi connectivity index (χ2v) is 7.13. The van der Waals surface area contributed by atoms with Crippen LogP contribution in [0.2, 0.25) is 0 Å². The van der Waals surface area contributed by atoms with E-state index in [9.17, 15) is 4.79 Å². The van der Waals surface area contributed by atoms with Crippen LogP contribution in [0.3, 0.4) is 0 Å². The van der Waals surface area contributed by atoms with Gasteiger partial charge < -0.3 is 15.4 Å². The van der Waals surface area contributed by atoms with Gasteiger partial charge in [-0.2, -0.15) is 0 Å². The van der Waals surface area contributed by atoms with E-state index in [1.807, 2.05) is 36.6 Å². The van der Waals surface area contributed by atoms with Gasteiger partial charge in [0, 0.05) is 28.2 Å². The third kappa shape index (κ3) is 4.07. The van der Waals surface area contributed by atoms with Gasteiger partial charge in [-0.1, -0.05) is 11.8 Å². The molecular weight excluding hydrogens is 318 g/mol. The Morgan fingerprint density at radius 2 is 2.27 bits per heavy atom. The summed E-state index contributed by atoms with van der Waals surface area (Å²) in [6.07, 6.45) is 0. The molecule has 2 heterocycles. The van der Waals surface area contributed by atoms with Crippen molar-refractivity contribution in [3.05, 3.63) is 35.3 Å². The molecule has 1 unspecified atom stereocenters. The third-order valence-corrected chi connectivity index (χ3v) is 5.23. The topological polar surface area (TPSA) is 63.2 Å². The van der Waals surface area contributed by atoms with Crippen LogP contribution in [-0.4, -0.2) is 36.7 Å². The first-order valence-corrected chi connectivity index (χ1v) is 8.72. The van der Waals surface area contributed by atoms with Gasteiger partial charge >= 0.3 is 0 Å². The summed E-state index contributed by atoms with van der Waals surface area (Å²) in [7, 11) is 0. The lowest BCUT2D eigenvalue weighted by Gasteiger charge is -2.22. The highest BCUT2D eigenvalue weighted by Gasteiger charge is 2.20. The van der Waals surface area contributed by atoms with Crippen LogP contribution in [0.1, 0.15) is 5.69 Å². The molecule has 1 aliphatic rings. The Hall–Kier alpha value is -1.41. The van der Waals surface area contributed by atoms with Gasteiger partial charge in [0.25, 0.3) is 0 Å². The van der Waals surface area contributed by atoms with Gasteiger partial charge in [-0.15, -0.1) is 11.3 Å². The quantitative estimate of drug-likeness (QED) is 0.899. The number of morpholine rings is 1. The van der Waals surface area contributed by atoms with Crippen molar-refractivity contribution >= 4 is 34.7 Å². The number of amides is 1. The number of hydrogen-bond donors (Lipinski definition) is 2. The first kappa shape index (κ1) is 15.5. The number of carbonyl (C=O) groups excluding carboxylic acids is 1. The van der Waals surface area contributed by atoms with Crippen molar-refractivity contribution in [1.82, 2.24) is 10.3 Å². The number of carbonyl (C=O) groups is 1. The molecule has 1 aromatic carbocycles. The minimum absolute atomic E-state index is 0.0596. The number of rotatable bonds is 4. The highest BCUT2D eigenvalue weighted by atomic mass is 32.2. The lowest BCUT2D eigenvalue weighted by atomic mass is 10.2. The Balaban J connectivity index is 1.57. The van der Waals surface area contributed by atoms with Crippen LogP contribution in [0.25, 0.3) is 0 Å². The van der Waals surface area contributed by atoms with Crippen LogP contribution >= 0.6 is 23.1 Å². The van der Waals surface area contributed by atoms with E-state index in [-0.39, 0.29) is 11.9 Å². The number of aromatic nitrogens is 1. The fraction of sp³-hybridized carbons (Fsp3) is 0.333. The summed E-state index contributed by atoms with van der Waals surface area (Å²) >= 11 is 3.26. The minimum Gasteiger partial charge on any atom is -0.378 e. The fourth-order valence-corrected chi connectivity index (χ4v) is 3.86. The van der Waals surface area contributed by atoms with Crippen LogP contribution in [-0.2, 0) is 9.53 Å². The first-order valence-electron chi connectivity index (χ1n) is 7.03. The summed E-state index contributed by atoms with van der Waals surface area (Å²) < 4.78 is 6.32. The summed E-state index contributed by atoms with van der Waals surface area (Å²) in [5.74, 6) is -0.0596. The smallest absolute Gasteiger partial charge is 0.243 e. The van der Waals surface area contributed by atoms with Crippen LogP contribution in [0.4, 0.5) is 5.69 Å². The molecule has 1 atom stereocenters. The molecule has 1 fully saturated rings. The lowest BCUT2D eigenvalue weighted by Crippen LogP contribution is -2.48. The summed E-state index contributed by atoms with van der Waals surface area (Å²) in [5.41, 5.74) is 1.83. The zero-order valence-corrected chi connectivity index (χ0v) is 13.8. The maximum Gasteiger partial charge on any atom is 0.243 e. The molecule has 2 N–H and O–H groups in total. The molecule has 0 saturated carbocycles. The van der Waals surface area contributed by atoms with E-state index in [2.05, 4.69) is 15.6 Å². The predicted molar refractivity (Wildman–Crippen MR) is 88.7 cm³/mol. The Kier molecular flexibility index (Phi) is 5.09. The normalized spacial score (nSPS) is 18.1. The van der Waals surface area contributed by atoms with Gasteiger partial charge in [0.05, 0.1) is 13.2 Å². The largest absolute Gasteiger partial charge is 0.378 e. The molecule has 0 spiro atoms. The third-order valence-electron chi connectivity index (χ3n) is 3.16. The van der Waals surface area contributed by atoms with Crippen molar-refractivity contribution in [2.75, 3.05) is 25.1 Å². The zero-order valence-electron chi connectivity index (χ0n) is 12.2. The Bertz CT molecular complexity index is 636. The van der Waals surface area contributed by atoms with Crippen LogP contribution in [0.15, 0.2) is 38.9 Å². The van der Waals surface area contributed by atoms with E-state index < -0.39 is 0 Å². The molecule has 3 rings (SSSR count). The van der Waals surface area contributed by atoms with Gasteiger partial charge in [0.2, 0.25) is 5.91 Å². The van der Waals surface area contributed by atoms with Crippen molar-refractivity contribution in [2.45, 2.75) is 22.2 Å². The van der Waals surface area contributed by atoms with Crippen molar-refractivity contribution < 1.29 is 9.53 Å². The summed E-state index contributed by atoms with van der Waals surface area (Å²) in [6.45, 7) is 3.78. The van der Waals surface area contributed by atoms with E-state index in [1.165, 1.54) is 0 Å². The summed E-state index contributed by atoms with van der Waals surface area (Å²) in [6, 6.07) is 7.51. The van der Waals surface area contributed by atoms with Gasteiger partial charge in [0.15, 0.2) is 4.34 Å². The summed E-state index contributed by atoms with van der Waals surface area (Å²) in [4.78, 5) is 17.6. The molecule has 2 aromatic rings. The monoisotopic (exact) mass is 335 g/mol. The van der Waals surface area contributed by atoms with Gasteiger partial charge in [-0.25, -0.2) is 4.98 Å². The van der Waals surface area contributed by atoms with E-state index in [0.717, 1.165) is 20.6 Å². The van der Waals surface area contributed by atoms with Crippen molar-refractivity contribution in [1.29, 1.82) is 0 Å². The highest BCUT2D eigenvalue weighted by molar-refractivity contribution is 8.01. The molecule has 1 aromatic heterocycles. The second-order valence-electron chi connectivity index (χ2n) is 4.95. The average molecular weight is 335 g/mol. The number of anilines is 1. The number of benzene rings is 1. The van der Waals surface area contributed by atoms with Crippen molar-refractivity contribution in [3.8, 4) is 0 Å². The molecule has 1 aliphatic heterocycles. The van der Waals surface area contributed by atoms with Crippen molar-refractivity contribution in [2.24, 2.45) is 0 Å². The molecule has 5 nitrogen and oxygen atoms in total. The Labute approximate surface area is 137 Å². The Morgan fingerprint density at radius 1 is 1.45 bits per heavy atom. The number of hydrogen-bond acceptors (Lipinski definition) is 6. The molecule has 1 amide bonds. The minimum atomic E-state index is -0.277. The number of thiazole rings is 1. The molecule has 1 saturated heterocycles. The zero-order chi connectivity index (χ0) is 15.4. The van der Waals surface area contributed by atoms with E-state index >= 15 is 0 Å². The standard InChI is InChI=1S/C15H17N3O2S2/c1-10-9-21-15(17-10)22-12-4-2-11(3-5-12)18-14(19)13-8-20-7-6-16-13/h2-5,9,13,16H,6-8H2,1H3,(H,18,19). The average Bonchev–Trinajstić information content (AvgIpc) is 2.95. The number of nitrogens with zero attached hydrogens (tertiary/aromatic N) is 1. The van der Waals surface area contributed by atoms with Gasteiger partial charge in [0.1, 0.15) is 6.04 Å². The van der Waals surface area contributed by atoms with Gasteiger partial charge in [-0.3, -0.25) is 4.79 Å². The second kappa shape index (κ2) is 7.23. The predicted octanol–water partition coefficient (Wildman–Crippen LogP) is 2.53. The number of nitrogens with one attached hydrogen (secondary N) is 2. The molecule has 22 heavy (non-hydrogen) atoms. The van der Waals surface area contributed by atoms with E-state index in [1.54, 1.807) is 23.1 Å². The van der Waals surface area contributed by atoms with E-state index in [0.29, 0.717) is 19.8 Å². The van der Waals surface area contributed by atoms with Crippen LogP contribution in [0, 0.1) is 6.92 Å². The fourth-order valence-electron chi connectivity index (χ4n) is 2.05. The van der Waals surface area contributed by atoms with Crippen LogP contribution in [0.5, 0.6) is 0 Å². The highest BCUT2D eigenvalue weighted by Crippen LogP contribution is 2.30. The number of aryl methyl sites for hydroxylation is 1. The molecular formula is C15H17N3O2S2. The maximum absolute atomic E-state index is 12.1. The molecule has 0 aliphatic carbocycles. The van der Waals surface area contributed by atoms with E-state index in [4.69, 9.17) is 4.74 Å². The molecule has 7 heteroatoms. The molecule has 116 valence electrons. The summed E-state index contributed by atoms with van der Waals surface area (Å²) in [5, 5.41) is 8.08.